The molecule has 1 aliphatic rings. The van der Waals surface area contributed by atoms with Crippen molar-refractivity contribution in [2.75, 3.05) is 19.3 Å². The smallest absolute Gasteiger partial charge is 0.352 e. The van der Waals surface area contributed by atoms with E-state index in [-0.39, 0.29) is 23.7 Å². The number of nitrogens with zero attached hydrogens (tertiary/aromatic N) is 2. The standard InChI is InChI=1S/C13H18N2O5S/c1-21(19,20)14-7-3-4-10(8-14)9-15-11(13(17)18)5-2-6-12(15)16/h2,5-6,10H,3-4,7-9H2,1H3,(H,17,18). The number of aromatic nitrogens is 1. The molecule has 7 nitrogen and oxygen atoms in total. The zero-order valence-electron chi connectivity index (χ0n) is 11.7. The molecule has 0 aromatic carbocycles. The second-order valence-electron chi connectivity index (χ2n) is 5.29. The van der Waals surface area contributed by atoms with Crippen LogP contribution in [0.3, 0.4) is 0 Å². The van der Waals surface area contributed by atoms with Gasteiger partial charge in [-0.25, -0.2) is 17.5 Å². The third kappa shape index (κ3) is 3.70. The van der Waals surface area contributed by atoms with Gasteiger partial charge in [0.1, 0.15) is 5.69 Å². The fourth-order valence-electron chi connectivity index (χ4n) is 2.63. The van der Waals surface area contributed by atoms with Crippen molar-refractivity contribution in [2.24, 2.45) is 5.92 Å². The van der Waals surface area contributed by atoms with E-state index in [2.05, 4.69) is 0 Å². The van der Waals surface area contributed by atoms with Crippen LogP contribution in [0.1, 0.15) is 23.3 Å². The average molecular weight is 314 g/mol. The molecule has 1 N–H and O–H groups in total. The van der Waals surface area contributed by atoms with E-state index in [1.54, 1.807) is 0 Å². The van der Waals surface area contributed by atoms with Crippen LogP contribution >= 0.6 is 0 Å². The molecule has 0 bridgehead atoms. The second kappa shape index (κ2) is 5.98. The van der Waals surface area contributed by atoms with E-state index in [4.69, 9.17) is 5.11 Å². The Labute approximate surface area is 122 Å². The molecule has 1 aromatic heterocycles. The molecular weight excluding hydrogens is 296 g/mol. The fourth-order valence-corrected chi connectivity index (χ4v) is 3.57. The number of carboxylic acids is 1. The number of rotatable bonds is 4. The molecule has 1 saturated heterocycles. The highest BCUT2D eigenvalue weighted by Gasteiger charge is 2.27. The molecular formula is C13H18N2O5S. The number of carboxylic acid groups (broad SMARTS) is 1. The molecule has 2 rings (SSSR count). The summed E-state index contributed by atoms with van der Waals surface area (Å²) in [5.41, 5.74) is -0.453. The first-order valence-electron chi connectivity index (χ1n) is 6.67. The maximum Gasteiger partial charge on any atom is 0.352 e. The van der Waals surface area contributed by atoms with Crippen LogP contribution in [0.25, 0.3) is 0 Å². The summed E-state index contributed by atoms with van der Waals surface area (Å²) in [4.78, 5) is 23.0. The number of pyridine rings is 1. The van der Waals surface area contributed by atoms with E-state index in [0.29, 0.717) is 19.5 Å². The lowest BCUT2D eigenvalue weighted by Crippen LogP contribution is -2.41. The zero-order valence-corrected chi connectivity index (χ0v) is 12.5. The highest BCUT2D eigenvalue weighted by atomic mass is 32.2. The fraction of sp³-hybridized carbons (Fsp3) is 0.538. The molecule has 1 aliphatic heterocycles. The van der Waals surface area contributed by atoms with Crippen LogP contribution < -0.4 is 5.56 Å². The van der Waals surface area contributed by atoms with Gasteiger partial charge in [0.2, 0.25) is 10.0 Å². The summed E-state index contributed by atoms with van der Waals surface area (Å²) < 4.78 is 25.8. The van der Waals surface area contributed by atoms with Gasteiger partial charge in [0.15, 0.2) is 0 Å². The Kier molecular flexibility index (Phi) is 4.48. The molecule has 2 heterocycles. The van der Waals surface area contributed by atoms with Gasteiger partial charge in [-0.05, 0) is 24.8 Å². The third-order valence-corrected chi connectivity index (χ3v) is 4.93. The molecule has 0 radical (unpaired) electrons. The lowest BCUT2D eigenvalue weighted by atomic mass is 9.99. The molecule has 0 aliphatic carbocycles. The van der Waals surface area contributed by atoms with Gasteiger partial charge in [-0.3, -0.25) is 4.79 Å². The third-order valence-electron chi connectivity index (χ3n) is 3.66. The second-order valence-corrected chi connectivity index (χ2v) is 7.28. The lowest BCUT2D eigenvalue weighted by Gasteiger charge is -2.31. The minimum atomic E-state index is -3.26. The van der Waals surface area contributed by atoms with Crippen LogP contribution in [-0.4, -0.2) is 47.7 Å². The van der Waals surface area contributed by atoms with Gasteiger partial charge in [-0.1, -0.05) is 6.07 Å². The molecule has 0 saturated carbocycles. The Morgan fingerprint density at radius 3 is 2.76 bits per heavy atom. The maximum atomic E-state index is 11.9. The largest absolute Gasteiger partial charge is 0.477 e. The summed E-state index contributed by atoms with van der Waals surface area (Å²) in [6, 6.07) is 4.09. The lowest BCUT2D eigenvalue weighted by molar-refractivity contribution is 0.0680. The number of aromatic carboxylic acids is 1. The normalized spacial score (nSPS) is 20.3. The maximum absolute atomic E-state index is 11.9. The molecule has 1 aromatic rings. The molecule has 0 amide bonds. The number of hydrogen-bond acceptors (Lipinski definition) is 4. The molecule has 21 heavy (non-hydrogen) atoms. The van der Waals surface area contributed by atoms with E-state index in [0.717, 1.165) is 12.7 Å². The van der Waals surface area contributed by atoms with Gasteiger partial charge < -0.3 is 9.67 Å². The molecule has 1 unspecified atom stereocenters. The highest BCUT2D eigenvalue weighted by molar-refractivity contribution is 7.88. The van der Waals surface area contributed by atoms with Crippen LogP contribution in [0, 0.1) is 5.92 Å². The number of hydrogen-bond donors (Lipinski definition) is 1. The minimum absolute atomic E-state index is 0.0633. The van der Waals surface area contributed by atoms with Crippen molar-refractivity contribution >= 4 is 16.0 Å². The Morgan fingerprint density at radius 1 is 1.43 bits per heavy atom. The predicted octanol–water partition coefficient (Wildman–Crippen LogP) is 0.218. The number of piperidine rings is 1. The molecule has 116 valence electrons. The Morgan fingerprint density at radius 2 is 2.14 bits per heavy atom. The highest BCUT2D eigenvalue weighted by Crippen LogP contribution is 2.20. The van der Waals surface area contributed by atoms with Crippen molar-refractivity contribution in [3.05, 3.63) is 34.2 Å². The van der Waals surface area contributed by atoms with Gasteiger partial charge in [0.25, 0.3) is 5.56 Å². The Bertz CT molecular complexity index is 695. The van der Waals surface area contributed by atoms with Crippen molar-refractivity contribution in [3.63, 3.8) is 0 Å². The topological polar surface area (TPSA) is 96.7 Å². The first-order valence-corrected chi connectivity index (χ1v) is 8.52. The Hall–Kier alpha value is -1.67. The van der Waals surface area contributed by atoms with Crippen molar-refractivity contribution in [1.82, 2.24) is 8.87 Å². The summed E-state index contributed by atoms with van der Waals surface area (Å²) in [6.07, 6.45) is 2.64. The van der Waals surface area contributed by atoms with Crippen LogP contribution in [-0.2, 0) is 16.6 Å². The van der Waals surface area contributed by atoms with Gasteiger partial charge in [-0.2, -0.15) is 0 Å². The molecule has 1 atom stereocenters. The Balaban J connectivity index is 2.23. The van der Waals surface area contributed by atoms with Crippen molar-refractivity contribution in [1.29, 1.82) is 0 Å². The quantitative estimate of drug-likeness (QED) is 0.857. The molecule has 1 fully saturated rings. The number of sulfonamides is 1. The van der Waals surface area contributed by atoms with Gasteiger partial charge in [-0.15, -0.1) is 0 Å². The number of carbonyl (C=O) groups is 1. The van der Waals surface area contributed by atoms with E-state index >= 15 is 0 Å². The first kappa shape index (κ1) is 15.7. The zero-order chi connectivity index (χ0) is 15.6. The monoisotopic (exact) mass is 314 g/mol. The first-order chi connectivity index (χ1) is 9.79. The van der Waals surface area contributed by atoms with Gasteiger partial charge in [0, 0.05) is 25.7 Å². The SMILES string of the molecule is CS(=O)(=O)N1CCCC(Cn2c(C(=O)O)cccc2=O)C1. The summed E-state index contributed by atoms with van der Waals surface area (Å²) >= 11 is 0. The van der Waals surface area contributed by atoms with Crippen LogP contribution in [0.5, 0.6) is 0 Å². The summed E-state index contributed by atoms with van der Waals surface area (Å²) in [7, 11) is -3.26. The van der Waals surface area contributed by atoms with E-state index in [1.807, 2.05) is 0 Å². The minimum Gasteiger partial charge on any atom is -0.477 e. The summed E-state index contributed by atoms with van der Waals surface area (Å²) in [5.74, 6) is -1.23. The average Bonchev–Trinajstić information content (AvgIpc) is 2.40. The van der Waals surface area contributed by atoms with E-state index in [1.165, 1.54) is 27.1 Å². The predicted molar refractivity (Wildman–Crippen MR) is 76.8 cm³/mol. The van der Waals surface area contributed by atoms with Crippen LogP contribution in [0.4, 0.5) is 0 Å². The van der Waals surface area contributed by atoms with E-state index in [9.17, 15) is 18.0 Å². The van der Waals surface area contributed by atoms with Gasteiger partial charge in [0.05, 0.1) is 6.26 Å². The summed E-state index contributed by atoms with van der Waals surface area (Å²) in [6.45, 7) is 1.01. The van der Waals surface area contributed by atoms with Crippen molar-refractivity contribution < 1.29 is 18.3 Å². The van der Waals surface area contributed by atoms with Crippen molar-refractivity contribution in [2.45, 2.75) is 19.4 Å². The van der Waals surface area contributed by atoms with E-state index < -0.39 is 16.0 Å². The van der Waals surface area contributed by atoms with Gasteiger partial charge >= 0.3 is 5.97 Å². The molecule has 0 spiro atoms. The molecule has 8 heteroatoms. The summed E-state index contributed by atoms with van der Waals surface area (Å²) in [5, 5.41) is 9.13. The van der Waals surface area contributed by atoms with Crippen LogP contribution in [0.15, 0.2) is 23.0 Å². The van der Waals surface area contributed by atoms with Crippen molar-refractivity contribution in [3.8, 4) is 0 Å². The van der Waals surface area contributed by atoms with Crippen LogP contribution in [0.2, 0.25) is 0 Å².